The molecule has 5 nitrogen and oxygen atoms in total. The summed E-state index contributed by atoms with van der Waals surface area (Å²) in [6.07, 6.45) is 4.61. The minimum absolute atomic E-state index is 0.213. The molecule has 0 bridgehead atoms. The van der Waals surface area contributed by atoms with E-state index in [1.54, 1.807) is 24.3 Å². The zero-order chi connectivity index (χ0) is 17.0. The second-order valence-electron chi connectivity index (χ2n) is 4.89. The van der Waals surface area contributed by atoms with Crippen molar-refractivity contribution < 1.29 is 24.6 Å². The van der Waals surface area contributed by atoms with Gasteiger partial charge in [-0.05, 0) is 37.1 Å². The predicted molar refractivity (Wildman–Crippen MR) is 84.1 cm³/mol. The fourth-order valence-electron chi connectivity index (χ4n) is 1.78. The van der Waals surface area contributed by atoms with E-state index in [0.29, 0.717) is 18.6 Å². The number of phenols is 1. The number of aromatic hydroxyl groups is 1. The summed E-state index contributed by atoms with van der Waals surface area (Å²) in [6.45, 7) is 3.51. The number of hydrogen-bond acceptors (Lipinski definition) is 4. The van der Waals surface area contributed by atoms with Crippen LogP contribution in [0.15, 0.2) is 24.3 Å². The molecule has 2 rings (SSSR count). The molecule has 22 heavy (non-hydrogen) atoms. The number of carboxylic acid groups (broad SMARTS) is 1. The Morgan fingerprint density at radius 2 is 1.59 bits per heavy atom. The molecular weight excluding hydrogens is 284 g/mol. The average Bonchev–Trinajstić information content (AvgIpc) is 2.46. The van der Waals surface area contributed by atoms with E-state index in [9.17, 15) is 9.59 Å². The van der Waals surface area contributed by atoms with Crippen LogP contribution in [0, 0.1) is 5.92 Å². The summed E-state index contributed by atoms with van der Waals surface area (Å²) in [5.74, 6) is 1.02. The van der Waals surface area contributed by atoms with Gasteiger partial charge in [-0.2, -0.15) is 0 Å². The molecule has 0 atom stereocenters. The summed E-state index contributed by atoms with van der Waals surface area (Å²) in [7, 11) is 0. The number of Topliss-reactive ketones (excluding diaryl/α,β-unsaturated/α-hetero) is 2. The maximum atomic E-state index is 11.7. The molecule has 0 amide bonds. The Morgan fingerprint density at radius 1 is 1.14 bits per heavy atom. The van der Waals surface area contributed by atoms with E-state index in [2.05, 4.69) is 0 Å². The van der Waals surface area contributed by atoms with Gasteiger partial charge in [0, 0.05) is 24.3 Å². The summed E-state index contributed by atoms with van der Waals surface area (Å²) in [5.41, 5.74) is 0.725. The smallest absolute Gasteiger partial charge is 0.290 e. The second kappa shape index (κ2) is 11.5. The molecule has 1 aliphatic carbocycles. The van der Waals surface area contributed by atoms with Crippen molar-refractivity contribution in [3.05, 3.63) is 29.8 Å². The van der Waals surface area contributed by atoms with Crippen LogP contribution in [0.1, 0.15) is 56.3 Å². The van der Waals surface area contributed by atoms with Gasteiger partial charge in [0.1, 0.15) is 11.5 Å². The molecule has 1 aromatic rings. The molecule has 0 radical (unpaired) electrons. The van der Waals surface area contributed by atoms with Crippen molar-refractivity contribution in [3.63, 3.8) is 0 Å². The highest BCUT2D eigenvalue weighted by Crippen LogP contribution is 2.30. The van der Waals surface area contributed by atoms with E-state index in [1.807, 2.05) is 13.8 Å². The van der Waals surface area contributed by atoms with Gasteiger partial charge in [0.05, 0.1) is 0 Å². The van der Waals surface area contributed by atoms with E-state index in [4.69, 9.17) is 15.0 Å². The highest BCUT2D eigenvalue weighted by Gasteiger charge is 2.25. The van der Waals surface area contributed by atoms with Crippen LogP contribution in [0.2, 0.25) is 0 Å². The van der Waals surface area contributed by atoms with Gasteiger partial charge in [-0.1, -0.05) is 20.3 Å². The lowest BCUT2D eigenvalue weighted by Gasteiger charge is -2.23. The maximum Gasteiger partial charge on any atom is 0.290 e. The largest absolute Gasteiger partial charge is 0.508 e. The van der Waals surface area contributed by atoms with E-state index in [1.165, 1.54) is 6.42 Å². The molecule has 1 aliphatic rings. The van der Waals surface area contributed by atoms with Gasteiger partial charge in [-0.3, -0.25) is 14.4 Å². The van der Waals surface area contributed by atoms with Crippen molar-refractivity contribution >= 4 is 18.0 Å². The Hall–Kier alpha value is -2.17. The number of carbonyl (C=O) groups is 3. The lowest BCUT2D eigenvalue weighted by molar-refractivity contribution is -0.123. The molecule has 0 heterocycles. The summed E-state index contributed by atoms with van der Waals surface area (Å²) in [5, 5.41) is 15.9. The Morgan fingerprint density at radius 3 is 1.86 bits per heavy atom. The molecule has 0 aromatic heterocycles. The van der Waals surface area contributed by atoms with Crippen LogP contribution in [-0.4, -0.2) is 28.3 Å². The van der Waals surface area contributed by atoms with Crippen LogP contribution in [0.25, 0.3) is 0 Å². The lowest BCUT2D eigenvalue weighted by Crippen LogP contribution is -2.21. The normalized spacial score (nSPS) is 12.6. The third kappa shape index (κ3) is 7.57. The first-order chi connectivity index (χ1) is 10.5. The first kappa shape index (κ1) is 19.8. The standard InChI is InChI=1S/C11H12O2.C5H10O.CH2O2/c12-10-6-4-9(5-7-10)11(13)8-2-1-3-8;1-3-5(6)4-2;2-1-3/h4-8,12H,1-3H2;3-4H2,1-2H3;1H,(H,2,3). The van der Waals surface area contributed by atoms with Gasteiger partial charge < -0.3 is 10.2 Å². The number of hydrogen-bond donors (Lipinski definition) is 2. The van der Waals surface area contributed by atoms with Gasteiger partial charge in [0.15, 0.2) is 5.78 Å². The van der Waals surface area contributed by atoms with Crippen LogP contribution < -0.4 is 0 Å². The van der Waals surface area contributed by atoms with Crippen LogP contribution in [0.4, 0.5) is 0 Å². The molecule has 2 N–H and O–H groups in total. The van der Waals surface area contributed by atoms with Crippen molar-refractivity contribution in [2.45, 2.75) is 46.0 Å². The number of benzene rings is 1. The molecule has 5 heteroatoms. The number of carbonyl (C=O) groups excluding carboxylic acids is 2. The third-order valence-electron chi connectivity index (χ3n) is 3.42. The summed E-state index contributed by atoms with van der Waals surface area (Å²) in [4.78, 5) is 30.2. The van der Waals surface area contributed by atoms with Gasteiger partial charge in [-0.15, -0.1) is 0 Å². The topological polar surface area (TPSA) is 91.7 Å². The second-order valence-corrected chi connectivity index (χ2v) is 4.89. The summed E-state index contributed by atoms with van der Waals surface area (Å²) in [6, 6.07) is 6.50. The van der Waals surface area contributed by atoms with Gasteiger partial charge in [0.25, 0.3) is 6.47 Å². The van der Waals surface area contributed by atoms with Crippen LogP contribution in [-0.2, 0) is 9.59 Å². The van der Waals surface area contributed by atoms with E-state index < -0.39 is 0 Å². The SMILES string of the molecule is CCC(=O)CC.O=C(c1ccc(O)cc1)C1CCC1.O=CO. The fraction of sp³-hybridized carbons (Fsp3) is 0.471. The fourth-order valence-corrected chi connectivity index (χ4v) is 1.78. The van der Waals surface area contributed by atoms with E-state index >= 15 is 0 Å². The molecule has 1 fully saturated rings. The quantitative estimate of drug-likeness (QED) is 0.656. The van der Waals surface area contributed by atoms with Crippen molar-refractivity contribution in [2.24, 2.45) is 5.92 Å². The Labute approximate surface area is 131 Å². The van der Waals surface area contributed by atoms with Gasteiger partial charge in [0.2, 0.25) is 0 Å². The zero-order valence-electron chi connectivity index (χ0n) is 13.1. The van der Waals surface area contributed by atoms with Crippen molar-refractivity contribution in [3.8, 4) is 5.75 Å². The molecule has 1 saturated carbocycles. The number of ketones is 2. The molecule has 0 unspecified atom stereocenters. The first-order valence-electron chi connectivity index (χ1n) is 7.42. The van der Waals surface area contributed by atoms with E-state index in [0.717, 1.165) is 18.4 Å². The lowest BCUT2D eigenvalue weighted by atomic mass is 9.80. The molecule has 1 aromatic carbocycles. The number of phenolic OH excluding ortho intramolecular Hbond substituents is 1. The third-order valence-corrected chi connectivity index (χ3v) is 3.42. The monoisotopic (exact) mass is 308 g/mol. The highest BCUT2D eigenvalue weighted by atomic mass is 16.3. The maximum absolute atomic E-state index is 11.7. The average molecular weight is 308 g/mol. The molecule has 122 valence electrons. The molecule has 0 aliphatic heterocycles. The van der Waals surface area contributed by atoms with Crippen LogP contribution >= 0.6 is 0 Å². The minimum Gasteiger partial charge on any atom is -0.508 e. The Kier molecular flexibility index (Phi) is 10.4. The molecule has 0 saturated heterocycles. The first-order valence-corrected chi connectivity index (χ1v) is 7.42. The van der Waals surface area contributed by atoms with Gasteiger partial charge >= 0.3 is 0 Å². The van der Waals surface area contributed by atoms with Gasteiger partial charge in [-0.25, -0.2) is 0 Å². The zero-order valence-corrected chi connectivity index (χ0v) is 13.1. The predicted octanol–water partition coefficient (Wildman–Crippen LogP) is 3.45. The summed E-state index contributed by atoms with van der Waals surface area (Å²) >= 11 is 0. The molecular formula is C17H24O5. The Bertz CT molecular complexity index is 454. The minimum atomic E-state index is -0.250. The van der Waals surface area contributed by atoms with Crippen molar-refractivity contribution in [1.29, 1.82) is 0 Å². The van der Waals surface area contributed by atoms with Crippen LogP contribution in [0.3, 0.4) is 0 Å². The van der Waals surface area contributed by atoms with Crippen molar-refractivity contribution in [1.82, 2.24) is 0 Å². The van der Waals surface area contributed by atoms with Crippen molar-refractivity contribution in [2.75, 3.05) is 0 Å². The summed E-state index contributed by atoms with van der Waals surface area (Å²) < 4.78 is 0. The number of rotatable bonds is 4. The Balaban J connectivity index is 0.000000414. The van der Waals surface area contributed by atoms with E-state index in [-0.39, 0.29) is 23.9 Å². The van der Waals surface area contributed by atoms with Crippen LogP contribution in [0.5, 0.6) is 5.75 Å². The highest BCUT2D eigenvalue weighted by molar-refractivity contribution is 5.98. The molecule has 0 spiro atoms.